The summed E-state index contributed by atoms with van der Waals surface area (Å²) in [5.74, 6) is -0.234. The van der Waals surface area contributed by atoms with Crippen LogP contribution in [0.15, 0.2) is 58.1 Å². The molecule has 0 fully saturated rings. The first kappa shape index (κ1) is 17.2. The van der Waals surface area contributed by atoms with Crippen molar-refractivity contribution in [2.75, 3.05) is 18.0 Å². The van der Waals surface area contributed by atoms with E-state index in [1.54, 1.807) is 18.3 Å². The summed E-state index contributed by atoms with van der Waals surface area (Å²) in [5.41, 5.74) is 5.22. The van der Waals surface area contributed by atoms with E-state index in [0.717, 1.165) is 23.1 Å². The second-order valence-corrected chi connectivity index (χ2v) is 5.89. The Morgan fingerprint density at radius 1 is 1.17 bits per heavy atom. The van der Waals surface area contributed by atoms with Crippen LogP contribution in [-0.4, -0.2) is 25.2 Å². The third kappa shape index (κ3) is 4.93. The molecule has 0 spiro atoms. The number of hydrogen-bond donors (Lipinski definition) is 1. The smallest absolute Gasteiger partial charge is 0.271 e. The van der Waals surface area contributed by atoms with E-state index in [2.05, 4.69) is 57.3 Å². The fourth-order valence-electron chi connectivity index (χ4n) is 2.22. The van der Waals surface area contributed by atoms with Gasteiger partial charge in [-0.15, -0.1) is 0 Å². The second-order valence-electron chi connectivity index (χ2n) is 4.97. The number of nitrogens with zero attached hydrogens (tertiary/aromatic N) is 2. The quantitative estimate of drug-likeness (QED) is 0.612. The average Bonchev–Trinajstić information content (AvgIpc) is 2.57. The first-order valence-corrected chi connectivity index (χ1v) is 8.37. The maximum atomic E-state index is 12.0. The summed E-state index contributed by atoms with van der Waals surface area (Å²) in [6.07, 6.45) is 1.64. The maximum Gasteiger partial charge on any atom is 0.271 e. The number of benzene rings is 2. The fourth-order valence-corrected chi connectivity index (χ4v) is 2.62. The topological polar surface area (TPSA) is 44.7 Å². The lowest BCUT2D eigenvalue weighted by molar-refractivity contribution is 0.0955. The first-order valence-electron chi connectivity index (χ1n) is 7.58. The van der Waals surface area contributed by atoms with Crippen LogP contribution in [-0.2, 0) is 0 Å². The highest BCUT2D eigenvalue weighted by atomic mass is 79.9. The van der Waals surface area contributed by atoms with Crippen molar-refractivity contribution in [3.8, 4) is 0 Å². The normalized spacial score (nSPS) is 10.7. The van der Waals surface area contributed by atoms with Crippen LogP contribution in [0.1, 0.15) is 29.8 Å². The number of halogens is 1. The molecular weight excluding hydrogens is 354 g/mol. The van der Waals surface area contributed by atoms with Crippen LogP contribution in [0.2, 0.25) is 0 Å². The van der Waals surface area contributed by atoms with Crippen molar-refractivity contribution in [1.29, 1.82) is 0 Å². The Labute approximate surface area is 145 Å². The summed E-state index contributed by atoms with van der Waals surface area (Å²) in [6.45, 7) is 6.23. The first-order chi connectivity index (χ1) is 11.1. The number of hydrazone groups is 1. The highest BCUT2D eigenvalue weighted by Gasteiger charge is 2.04. The Morgan fingerprint density at radius 2 is 1.87 bits per heavy atom. The molecule has 0 saturated carbocycles. The van der Waals surface area contributed by atoms with Crippen molar-refractivity contribution >= 4 is 33.7 Å². The van der Waals surface area contributed by atoms with Crippen LogP contribution < -0.4 is 10.3 Å². The number of carbonyl (C=O) groups excluding carboxylic acids is 1. The van der Waals surface area contributed by atoms with Gasteiger partial charge in [-0.25, -0.2) is 5.43 Å². The number of nitrogens with one attached hydrogen (secondary N) is 1. The molecule has 2 aromatic rings. The molecule has 2 rings (SSSR count). The van der Waals surface area contributed by atoms with E-state index in [4.69, 9.17) is 0 Å². The van der Waals surface area contributed by atoms with Gasteiger partial charge in [0.1, 0.15) is 0 Å². The van der Waals surface area contributed by atoms with Crippen molar-refractivity contribution in [2.45, 2.75) is 13.8 Å². The summed E-state index contributed by atoms with van der Waals surface area (Å²) in [6, 6.07) is 15.3. The molecule has 23 heavy (non-hydrogen) atoms. The molecule has 1 amide bonds. The van der Waals surface area contributed by atoms with Crippen molar-refractivity contribution in [3.63, 3.8) is 0 Å². The van der Waals surface area contributed by atoms with Gasteiger partial charge in [0.05, 0.1) is 6.21 Å². The molecule has 0 aromatic heterocycles. The van der Waals surface area contributed by atoms with Gasteiger partial charge in [-0.2, -0.15) is 5.10 Å². The Bertz CT molecular complexity index is 679. The van der Waals surface area contributed by atoms with Crippen LogP contribution >= 0.6 is 15.9 Å². The van der Waals surface area contributed by atoms with E-state index in [1.807, 2.05) is 24.3 Å². The molecule has 2 aromatic carbocycles. The molecule has 0 aliphatic heterocycles. The Balaban J connectivity index is 1.96. The highest BCUT2D eigenvalue weighted by Crippen LogP contribution is 2.14. The zero-order valence-electron chi connectivity index (χ0n) is 13.3. The summed E-state index contributed by atoms with van der Waals surface area (Å²) < 4.78 is 0.862. The molecule has 0 unspecified atom stereocenters. The lowest BCUT2D eigenvalue weighted by Gasteiger charge is -2.20. The number of carbonyl (C=O) groups is 1. The number of anilines is 1. The van der Waals surface area contributed by atoms with Gasteiger partial charge in [-0.3, -0.25) is 4.79 Å². The van der Waals surface area contributed by atoms with Gasteiger partial charge >= 0.3 is 0 Å². The van der Waals surface area contributed by atoms with Crippen LogP contribution in [0.3, 0.4) is 0 Å². The molecule has 5 heteroatoms. The van der Waals surface area contributed by atoms with Gasteiger partial charge in [0.15, 0.2) is 0 Å². The van der Waals surface area contributed by atoms with Crippen LogP contribution in [0.4, 0.5) is 5.69 Å². The fraction of sp³-hybridized carbons (Fsp3) is 0.222. The lowest BCUT2D eigenvalue weighted by atomic mass is 10.2. The minimum absolute atomic E-state index is 0.234. The third-order valence-corrected chi connectivity index (χ3v) is 3.98. The molecule has 120 valence electrons. The highest BCUT2D eigenvalue weighted by molar-refractivity contribution is 9.10. The molecule has 0 aliphatic rings. The molecule has 0 saturated heterocycles. The summed E-state index contributed by atoms with van der Waals surface area (Å²) in [4.78, 5) is 14.2. The minimum Gasteiger partial charge on any atom is -0.372 e. The molecule has 0 aliphatic carbocycles. The van der Waals surface area contributed by atoms with Crippen molar-refractivity contribution in [2.24, 2.45) is 5.10 Å². The van der Waals surface area contributed by atoms with Gasteiger partial charge in [-0.05, 0) is 49.7 Å². The van der Waals surface area contributed by atoms with Gasteiger partial charge in [0.2, 0.25) is 0 Å². The van der Waals surface area contributed by atoms with Gasteiger partial charge < -0.3 is 4.90 Å². The van der Waals surface area contributed by atoms with E-state index in [-0.39, 0.29) is 5.91 Å². The predicted octanol–water partition coefficient (Wildman–Crippen LogP) is 4.06. The second kappa shape index (κ2) is 8.48. The number of hydrogen-bond acceptors (Lipinski definition) is 3. The SMILES string of the molecule is CCN(CC)c1ccc(/C=N/NC(=O)c2cccc(Br)c2)cc1. The molecule has 0 atom stereocenters. The molecule has 0 radical (unpaired) electrons. The number of amides is 1. The molecule has 0 heterocycles. The number of rotatable bonds is 6. The van der Waals surface area contributed by atoms with Crippen molar-refractivity contribution < 1.29 is 4.79 Å². The summed E-state index contributed by atoms with van der Waals surface area (Å²) in [7, 11) is 0. The maximum absolute atomic E-state index is 12.0. The minimum atomic E-state index is -0.234. The Kier molecular flexibility index (Phi) is 6.35. The predicted molar refractivity (Wildman–Crippen MR) is 99.2 cm³/mol. The van der Waals surface area contributed by atoms with Crippen LogP contribution in [0.5, 0.6) is 0 Å². The zero-order chi connectivity index (χ0) is 16.7. The summed E-state index contributed by atoms with van der Waals surface area (Å²) in [5, 5.41) is 4.01. The van der Waals surface area contributed by atoms with Gasteiger partial charge in [0.25, 0.3) is 5.91 Å². The van der Waals surface area contributed by atoms with E-state index in [0.29, 0.717) is 5.56 Å². The largest absolute Gasteiger partial charge is 0.372 e. The van der Waals surface area contributed by atoms with E-state index < -0.39 is 0 Å². The van der Waals surface area contributed by atoms with E-state index in [1.165, 1.54) is 5.69 Å². The molecule has 1 N–H and O–H groups in total. The monoisotopic (exact) mass is 373 g/mol. The zero-order valence-corrected chi connectivity index (χ0v) is 14.9. The third-order valence-electron chi connectivity index (χ3n) is 3.49. The Morgan fingerprint density at radius 3 is 2.48 bits per heavy atom. The van der Waals surface area contributed by atoms with Crippen LogP contribution in [0.25, 0.3) is 0 Å². The molecular formula is C18H20BrN3O. The van der Waals surface area contributed by atoms with Gasteiger partial charge in [0, 0.05) is 28.8 Å². The Hall–Kier alpha value is -2.14. The van der Waals surface area contributed by atoms with E-state index in [9.17, 15) is 4.79 Å². The molecule has 0 bridgehead atoms. The van der Waals surface area contributed by atoms with Crippen molar-refractivity contribution in [3.05, 3.63) is 64.1 Å². The standard InChI is InChI=1S/C18H20BrN3O/c1-3-22(4-2)17-10-8-14(9-11-17)13-20-21-18(23)15-6-5-7-16(19)12-15/h5-13H,3-4H2,1-2H3,(H,21,23)/b20-13+. The summed E-state index contributed by atoms with van der Waals surface area (Å²) >= 11 is 3.34. The molecule has 4 nitrogen and oxygen atoms in total. The van der Waals surface area contributed by atoms with Gasteiger partial charge in [-0.1, -0.05) is 34.1 Å². The van der Waals surface area contributed by atoms with E-state index >= 15 is 0 Å². The average molecular weight is 374 g/mol. The van der Waals surface area contributed by atoms with Crippen molar-refractivity contribution in [1.82, 2.24) is 5.43 Å². The van der Waals surface area contributed by atoms with Crippen LogP contribution in [0, 0.1) is 0 Å². The lowest BCUT2D eigenvalue weighted by Crippen LogP contribution is -2.21.